The molecule has 3 heterocycles. The Morgan fingerprint density at radius 3 is 3.03 bits per heavy atom. The summed E-state index contributed by atoms with van der Waals surface area (Å²) in [6, 6.07) is 8.79. The fourth-order valence-electron chi connectivity index (χ4n) is 3.50. The number of aliphatic imine (C=N–C) groups is 1. The Kier molecular flexibility index (Phi) is 6.59. The molecule has 156 valence electrons. The van der Waals surface area contributed by atoms with E-state index >= 15 is 0 Å². The number of fused-ring (bicyclic) bond motifs is 1. The second-order valence-electron chi connectivity index (χ2n) is 6.95. The summed E-state index contributed by atoms with van der Waals surface area (Å²) in [6.45, 7) is 1.82. The maximum Gasteiger partial charge on any atom is 0.193 e. The van der Waals surface area contributed by atoms with Gasteiger partial charge in [0.15, 0.2) is 11.5 Å². The third-order valence-corrected chi connectivity index (χ3v) is 6.77. The van der Waals surface area contributed by atoms with Gasteiger partial charge in [0.05, 0.1) is 18.7 Å². The second-order valence-corrected chi connectivity index (χ2v) is 8.66. The molecule has 0 aliphatic carbocycles. The van der Waals surface area contributed by atoms with E-state index in [1.165, 1.54) is 28.4 Å². The van der Waals surface area contributed by atoms with Crippen molar-refractivity contribution in [2.24, 2.45) is 10.7 Å². The number of pyridine rings is 1. The van der Waals surface area contributed by atoms with Crippen molar-refractivity contribution >= 4 is 53.1 Å². The number of halogens is 2. The summed E-state index contributed by atoms with van der Waals surface area (Å²) in [5.41, 5.74) is 10.1. The van der Waals surface area contributed by atoms with Gasteiger partial charge in [-0.3, -0.25) is 8.96 Å². The Balaban J connectivity index is 1.83. The average molecular weight is 537 g/mol. The Morgan fingerprint density at radius 1 is 1.47 bits per heavy atom. The molecule has 30 heavy (non-hydrogen) atoms. The summed E-state index contributed by atoms with van der Waals surface area (Å²) >= 11 is 2.20. The number of benzene rings is 1. The number of nitrogens with two attached hydrogens (primary N) is 1. The molecule has 9 heteroatoms. The fraction of sp³-hybridized carbons (Fsp3) is 0.238. The molecule has 3 aromatic rings. The summed E-state index contributed by atoms with van der Waals surface area (Å²) in [4.78, 5) is 9.33. The second kappa shape index (κ2) is 9.36. The first-order valence-corrected chi connectivity index (χ1v) is 12.8. The van der Waals surface area contributed by atoms with Gasteiger partial charge in [0.2, 0.25) is 0 Å². The maximum atomic E-state index is 13.9. The van der Waals surface area contributed by atoms with E-state index in [0.29, 0.717) is 5.57 Å². The van der Waals surface area contributed by atoms with Crippen molar-refractivity contribution in [3.05, 3.63) is 60.0 Å². The zero-order valence-corrected chi connectivity index (χ0v) is 19.3. The van der Waals surface area contributed by atoms with Crippen molar-refractivity contribution < 1.29 is 9.13 Å². The molecule has 1 saturated heterocycles. The fourth-order valence-corrected chi connectivity index (χ4v) is 4.76. The Labute approximate surface area is 190 Å². The third kappa shape index (κ3) is 4.33. The summed E-state index contributed by atoms with van der Waals surface area (Å²) in [7, 11) is 3.04. The van der Waals surface area contributed by atoms with Gasteiger partial charge < -0.3 is 15.8 Å². The van der Waals surface area contributed by atoms with Crippen LogP contribution in [0.3, 0.4) is 0 Å². The van der Waals surface area contributed by atoms with Crippen LogP contribution in [0, 0.1) is 5.82 Å². The molecular formula is C21H21FIN5OS. The maximum absolute atomic E-state index is 13.9. The highest BCUT2D eigenvalue weighted by Gasteiger charge is 2.17. The van der Waals surface area contributed by atoms with Gasteiger partial charge in [0.1, 0.15) is 5.82 Å². The molecule has 1 aliphatic rings. The van der Waals surface area contributed by atoms with Gasteiger partial charge >= 0.3 is 0 Å². The molecule has 6 nitrogen and oxygen atoms in total. The first-order chi connectivity index (χ1) is 14.6. The van der Waals surface area contributed by atoms with Crippen LogP contribution in [0.25, 0.3) is 27.7 Å². The van der Waals surface area contributed by atoms with Gasteiger partial charge in [0.25, 0.3) is 0 Å². The molecule has 1 atom stereocenters. The van der Waals surface area contributed by atoms with Crippen LogP contribution in [-0.2, 0) is 4.74 Å². The van der Waals surface area contributed by atoms with Crippen molar-refractivity contribution in [2.45, 2.75) is 12.5 Å². The van der Waals surface area contributed by atoms with Crippen LogP contribution in [0.15, 0.2) is 53.6 Å². The SMILES string of the molecule is CO/C(N)=C(/C=NC1CCNC1)c1cnc2c(c1)c(-c1cccc(F)c1)cn2SI. The van der Waals surface area contributed by atoms with Gasteiger partial charge in [-0.15, -0.1) is 0 Å². The molecule has 4 rings (SSSR count). The lowest BCUT2D eigenvalue weighted by Gasteiger charge is -2.09. The number of hydrogen-bond acceptors (Lipinski definition) is 6. The number of allylic oxidation sites excluding steroid dienone is 1. The van der Waals surface area contributed by atoms with Crippen molar-refractivity contribution in [3.8, 4) is 11.1 Å². The Hall–Kier alpha value is -2.11. The highest BCUT2D eigenvalue weighted by molar-refractivity contribution is 14.2. The highest BCUT2D eigenvalue weighted by Crippen LogP contribution is 2.35. The van der Waals surface area contributed by atoms with Crippen LogP contribution in [0.1, 0.15) is 12.0 Å². The number of ether oxygens (including phenoxy) is 1. The number of methoxy groups -OCH3 is 1. The average Bonchev–Trinajstić information content (AvgIpc) is 3.41. The minimum Gasteiger partial charge on any atom is -0.482 e. The van der Waals surface area contributed by atoms with Crippen LogP contribution in [0.5, 0.6) is 0 Å². The normalized spacial score (nSPS) is 17.6. The van der Waals surface area contributed by atoms with Gasteiger partial charge in [0, 0.05) is 72.0 Å². The van der Waals surface area contributed by atoms with Gasteiger partial charge in [-0.2, -0.15) is 0 Å². The van der Waals surface area contributed by atoms with Gasteiger partial charge in [-0.25, -0.2) is 9.37 Å². The van der Waals surface area contributed by atoms with Crippen LogP contribution >= 0.6 is 30.3 Å². The molecule has 0 bridgehead atoms. The Bertz CT molecular complexity index is 1120. The molecule has 0 spiro atoms. The smallest absolute Gasteiger partial charge is 0.193 e. The summed E-state index contributed by atoms with van der Waals surface area (Å²) in [5, 5.41) is 4.20. The molecule has 0 saturated carbocycles. The first kappa shape index (κ1) is 21.1. The van der Waals surface area contributed by atoms with Crippen molar-refractivity contribution in [1.29, 1.82) is 0 Å². The van der Waals surface area contributed by atoms with Crippen molar-refractivity contribution in [3.63, 3.8) is 0 Å². The van der Waals surface area contributed by atoms with E-state index in [9.17, 15) is 4.39 Å². The molecule has 2 aromatic heterocycles. The van der Waals surface area contributed by atoms with E-state index in [0.717, 1.165) is 47.2 Å². The largest absolute Gasteiger partial charge is 0.482 e. The topological polar surface area (TPSA) is 77.5 Å². The molecule has 1 aromatic carbocycles. The molecule has 0 radical (unpaired) electrons. The Morgan fingerprint density at radius 2 is 2.33 bits per heavy atom. The highest BCUT2D eigenvalue weighted by atomic mass is 127. The van der Waals surface area contributed by atoms with Crippen molar-refractivity contribution in [1.82, 2.24) is 14.3 Å². The summed E-state index contributed by atoms with van der Waals surface area (Å²) < 4.78 is 21.1. The number of hydrogen-bond donors (Lipinski definition) is 2. The van der Waals surface area contributed by atoms with Gasteiger partial charge in [-0.1, -0.05) is 12.1 Å². The molecule has 1 unspecified atom stereocenters. The molecular weight excluding hydrogens is 516 g/mol. The standard InChI is InChI=1S/C21H21FIN5OS/c1-29-20(24)18(11-26-16-5-6-25-10-16)14-8-17-19(13-3-2-4-15(22)7-13)12-28(30-23)21(17)27-9-14/h2-4,7-9,11-12,16,25H,5-6,10,24H2,1H3/b20-18-,26-11?. The monoisotopic (exact) mass is 537 g/mol. The van der Waals surface area contributed by atoms with Crippen LogP contribution < -0.4 is 11.1 Å². The van der Waals surface area contributed by atoms with E-state index < -0.39 is 0 Å². The van der Waals surface area contributed by atoms with E-state index in [1.54, 1.807) is 18.5 Å². The number of aromatic nitrogens is 2. The zero-order valence-electron chi connectivity index (χ0n) is 16.3. The minimum absolute atomic E-state index is 0.223. The predicted molar refractivity (Wildman–Crippen MR) is 130 cm³/mol. The quantitative estimate of drug-likeness (QED) is 0.277. The summed E-state index contributed by atoms with van der Waals surface area (Å²) in [5.74, 6) is 0.00187. The predicted octanol–water partition coefficient (Wildman–Crippen LogP) is 4.40. The molecule has 3 N–H and O–H groups in total. The number of nitrogens with one attached hydrogen (secondary N) is 1. The molecule has 0 amide bonds. The van der Waals surface area contributed by atoms with Crippen LogP contribution in [0.4, 0.5) is 4.39 Å². The third-order valence-electron chi connectivity index (χ3n) is 5.07. The van der Waals surface area contributed by atoms with E-state index in [-0.39, 0.29) is 17.7 Å². The van der Waals surface area contributed by atoms with Crippen LogP contribution in [-0.4, -0.2) is 41.4 Å². The van der Waals surface area contributed by atoms with E-state index in [1.807, 2.05) is 22.3 Å². The van der Waals surface area contributed by atoms with E-state index in [2.05, 4.69) is 36.5 Å². The molecule has 1 aliphatic heterocycles. The number of rotatable bonds is 6. The van der Waals surface area contributed by atoms with Crippen molar-refractivity contribution in [2.75, 3.05) is 20.2 Å². The lowest BCUT2D eigenvalue weighted by Crippen LogP contribution is -2.12. The first-order valence-electron chi connectivity index (χ1n) is 9.45. The number of nitrogens with zero attached hydrogens (tertiary/aromatic N) is 3. The lowest BCUT2D eigenvalue weighted by atomic mass is 10.0. The lowest BCUT2D eigenvalue weighted by molar-refractivity contribution is 0.290. The van der Waals surface area contributed by atoms with Crippen LogP contribution in [0.2, 0.25) is 0 Å². The summed E-state index contributed by atoms with van der Waals surface area (Å²) in [6.07, 6.45) is 6.49. The minimum atomic E-state index is -0.277. The van der Waals surface area contributed by atoms with E-state index in [4.69, 9.17) is 10.5 Å². The zero-order chi connectivity index (χ0) is 21.1. The molecule has 1 fully saturated rings. The van der Waals surface area contributed by atoms with Gasteiger partial charge in [-0.05, 0) is 36.7 Å².